The van der Waals surface area contributed by atoms with E-state index in [1.165, 1.54) is 0 Å². The standard InChI is InChI=1S/C24H25N3O2/c1-16-7-4-10-20(13-16)26-24(29)27-21-11-6-9-19(14-21)15-25-23(28)22-12-5-8-17(2)18(22)3/h4-14H,15H2,1-3H3,(H,25,28)(H2,26,27,29). The van der Waals surface area contributed by atoms with E-state index < -0.39 is 0 Å². The van der Waals surface area contributed by atoms with Crippen molar-refractivity contribution >= 4 is 23.3 Å². The fraction of sp³-hybridized carbons (Fsp3) is 0.167. The highest BCUT2D eigenvalue weighted by Crippen LogP contribution is 2.15. The summed E-state index contributed by atoms with van der Waals surface area (Å²) in [6.07, 6.45) is 0. The van der Waals surface area contributed by atoms with Crippen molar-refractivity contribution in [1.82, 2.24) is 5.32 Å². The summed E-state index contributed by atoms with van der Waals surface area (Å²) in [6, 6.07) is 20.4. The molecule has 148 valence electrons. The van der Waals surface area contributed by atoms with Gasteiger partial charge >= 0.3 is 6.03 Å². The largest absolute Gasteiger partial charge is 0.348 e. The minimum atomic E-state index is -0.313. The molecule has 0 aliphatic heterocycles. The zero-order valence-corrected chi connectivity index (χ0v) is 16.9. The molecule has 0 spiro atoms. The molecule has 0 saturated heterocycles. The number of urea groups is 1. The van der Waals surface area contributed by atoms with Crippen LogP contribution in [0.15, 0.2) is 66.7 Å². The fourth-order valence-corrected chi connectivity index (χ4v) is 3.05. The predicted octanol–water partition coefficient (Wildman–Crippen LogP) is 5.19. The summed E-state index contributed by atoms with van der Waals surface area (Å²) in [6.45, 7) is 6.28. The van der Waals surface area contributed by atoms with Gasteiger partial charge in [0.1, 0.15) is 0 Å². The molecular formula is C24H25N3O2. The lowest BCUT2D eigenvalue weighted by atomic mass is 10.0. The smallest absolute Gasteiger partial charge is 0.323 e. The number of rotatable bonds is 5. The molecule has 5 nitrogen and oxygen atoms in total. The second-order valence-electron chi connectivity index (χ2n) is 7.08. The summed E-state index contributed by atoms with van der Waals surface area (Å²) in [4.78, 5) is 24.7. The monoisotopic (exact) mass is 387 g/mol. The predicted molar refractivity (Wildman–Crippen MR) is 117 cm³/mol. The van der Waals surface area contributed by atoms with Gasteiger partial charge in [-0.1, -0.05) is 36.4 Å². The third-order valence-electron chi connectivity index (χ3n) is 4.76. The topological polar surface area (TPSA) is 70.2 Å². The molecule has 0 unspecified atom stereocenters. The highest BCUT2D eigenvalue weighted by atomic mass is 16.2. The van der Waals surface area contributed by atoms with Crippen LogP contribution in [-0.2, 0) is 6.54 Å². The van der Waals surface area contributed by atoms with Crippen molar-refractivity contribution in [1.29, 1.82) is 0 Å². The Bertz CT molecular complexity index is 1040. The summed E-state index contributed by atoms with van der Waals surface area (Å²) >= 11 is 0. The molecule has 3 amide bonds. The lowest BCUT2D eigenvalue weighted by Crippen LogP contribution is -2.24. The summed E-state index contributed by atoms with van der Waals surface area (Å²) in [5.74, 6) is -0.109. The zero-order valence-electron chi connectivity index (χ0n) is 16.9. The van der Waals surface area contributed by atoms with Crippen molar-refractivity contribution in [3.63, 3.8) is 0 Å². The number of carbonyl (C=O) groups is 2. The van der Waals surface area contributed by atoms with E-state index >= 15 is 0 Å². The van der Waals surface area contributed by atoms with Gasteiger partial charge in [-0.3, -0.25) is 4.79 Å². The first kappa shape index (κ1) is 20.1. The maximum absolute atomic E-state index is 12.5. The van der Waals surface area contributed by atoms with Crippen molar-refractivity contribution in [3.05, 3.63) is 94.5 Å². The maximum Gasteiger partial charge on any atom is 0.323 e. The van der Waals surface area contributed by atoms with Gasteiger partial charge in [-0.2, -0.15) is 0 Å². The molecule has 0 atom stereocenters. The molecule has 3 N–H and O–H groups in total. The Morgan fingerprint density at radius 2 is 1.45 bits per heavy atom. The number of carbonyl (C=O) groups excluding carboxylic acids is 2. The lowest BCUT2D eigenvalue weighted by molar-refractivity contribution is 0.0950. The Balaban J connectivity index is 1.60. The molecule has 5 heteroatoms. The van der Waals surface area contributed by atoms with Gasteiger partial charge in [-0.15, -0.1) is 0 Å². The van der Waals surface area contributed by atoms with Gasteiger partial charge in [-0.05, 0) is 73.4 Å². The van der Waals surface area contributed by atoms with Crippen LogP contribution < -0.4 is 16.0 Å². The van der Waals surface area contributed by atoms with Gasteiger partial charge in [-0.25, -0.2) is 4.79 Å². The van der Waals surface area contributed by atoms with Gasteiger partial charge < -0.3 is 16.0 Å². The maximum atomic E-state index is 12.5. The first-order valence-corrected chi connectivity index (χ1v) is 9.50. The molecule has 0 radical (unpaired) electrons. The van der Waals surface area contributed by atoms with E-state index in [9.17, 15) is 9.59 Å². The number of amides is 3. The minimum Gasteiger partial charge on any atom is -0.348 e. The van der Waals surface area contributed by atoms with Crippen LogP contribution in [0, 0.1) is 20.8 Å². The van der Waals surface area contributed by atoms with Crippen LogP contribution in [0.2, 0.25) is 0 Å². The molecule has 0 aliphatic rings. The molecule has 0 bridgehead atoms. The Labute approximate surface area is 171 Å². The molecule has 3 rings (SSSR count). The minimum absolute atomic E-state index is 0.109. The van der Waals surface area contributed by atoms with Crippen molar-refractivity contribution < 1.29 is 9.59 Å². The Morgan fingerprint density at radius 3 is 2.17 bits per heavy atom. The Hall–Kier alpha value is -3.60. The molecule has 0 aromatic heterocycles. The average Bonchev–Trinajstić information content (AvgIpc) is 2.68. The second-order valence-corrected chi connectivity index (χ2v) is 7.08. The average molecular weight is 387 g/mol. The molecule has 3 aromatic carbocycles. The molecular weight excluding hydrogens is 362 g/mol. The Morgan fingerprint density at radius 1 is 0.793 bits per heavy atom. The second kappa shape index (κ2) is 9.06. The molecule has 29 heavy (non-hydrogen) atoms. The van der Waals surface area contributed by atoms with Crippen LogP contribution in [-0.4, -0.2) is 11.9 Å². The highest BCUT2D eigenvalue weighted by Gasteiger charge is 2.10. The van der Waals surface area contributed by atoms with Crippen LogP contribution in [0.4, 0.5) is 16.2 Å². The van der Waals surface area contributed by atoms with Crippen LogP contribution >= 0.6 is 0 Å². The number of aryl methyl sites for hydroxylation is 2. The van der Waals surface area contributed by atoms with Crippen molar-refractivity contribution in [2.24, 2.45) is 0 Å². The van der Waals surface area contributed by atoms with Gasteiger partial charge in [0.05, 0.1) is 0 Å². The van der Waals surface area contributed by atoms with E-state index in [-0.39, 0.29) is 11.9 Å². The third kappa shape index (κ3) is 5.45. The molecule has 0 heterocycles. The number of anilines is 2. The van der Waals surface area contributed by atoms with E-state index in [1.807, 2.05) is 87.5 Å². The van der Waals surface area contributed by atoms with Crippen molar-refractivity contribution in [3.8, 4) is 0 Å². The number of benzene rings is 3. The van der Waals surface area contributed by atoms with Gasteiger partial charge in [0.25, 0.3) is 5.91 Å². The van der Waals surface area contributed by atoms with E-state index in [1.54, 1.807) is 0 Å². The van der Waals surface area contributed by atoms with E-state index in [4.69, 9.17) is 0 Å². The van der Waals surface area contributed by atoms with Crippen LogP contribution in [0.5, 0.6) is 0 Å². The Kier molecular flexibility index (Phi) is 6.29. The highest BCUT2D eigenvalue weighted by molar-refractivity contribution is 6.00. The first-order chi connectivity index (χ1) is 13.9. The van der Waals surface area contributed by atoms with Crippen LogP contribution in [0.1, 0.15) is 32.6 Å². The number of hydrogen-bond donors (Lipinski definition) is 3. The fourth-order valence-electron chi connectivity index (χ4n) is 3.05. The van der Waals surface area contributed by atoms with Gasteiger partial charge in [0.15, 0.2) is 0 Å². The van der Waals surface area contributed by atoms with Gasteiger partial charge in [0.2, 0.25) is 0 Å². The van der Waals surface area contributed by atoms with Gasteiger partial charge in [0, 0.05) is 23.5 Å². The first-order valence-electron chi connectivity index (χ1n) is 9.50. The lowest BCUT2D eigenvalue weighted by Gasteiger charge is -2.11. The van der Waals surface area contributed by atoms with Crippen LogP contribution in [0.3, 0.4) is 0 Å². The summed E-state index contributed by atoms with van der Waals surface area (Å²) in [5.41, 5.74) is 6.11. The van der Waals surface area contributed by atoms with Crippen molar-refractivity contribution in [2.45, 2.75) is 27.3 Å². The molecule has 3 aromatic rings. The normalized spacial score (nSPS) is 10.3. The van der Waals surface area contributed by atoms with E-state index in [2.05, 4.69) is 16.0 Å². The molecule has 0 saturated carbocycles. The SMILES string of the molecule is Cc1cccc(NC(=O)Nc2cccc(CNC(=O)c3cccc(C)c3C)c2)c1. The molecule has 0 aliphatic carbocycles. The van der Waals surface area contributed by atoms with Crippen LogP contribution in [0.25, 0.3) is 0 Å². The van der Waals surface area contributed by atoms with E-state index in [0.717, 1.165) is 27.9 Å². The number of hydrogen-bond acceptors (Lipinski definition) is 2. The summed E-state index contributed by atoms with van der Waals surface area (Å²) < 4.78 is 0. The third-order valence-corrected chi connectivity index (χ3v) is 4.76. The molecule has 0 fully saturated rings. The van der Waals surface area contributed by atoms with Crippen molar-refractivity contribution in [2.75, 3.05) is 10.6 Å². The summed E-state index contributed by atoms with van der Waals surface area (Å²) in [7, 11) is 0. The quantitative estimate of drug-likeness (QED) is 0.564. The zero-order chi connectivity index (χ0) is 20.8. The van der Waals surface area contributed by atoms with E-state index in [0.29, 0.717) is 17.8 Å². The summed E-state index contributed by atoms with van der Waals surface area (Å²) in [5, 5.41) is 8.58. The number of nitrogens with one attached hydrogen (secondary N) is 3.